The maximum absolute atomic E-state index is 10.9. The Balaban J connectivity index is 2.21. The lowest BCUT2D eigenvalue weighted by molar-refractivity contribution is -0.384. The fourth-order valence-corrected chi connectivity index (χ4v) is 1.62. The molecule has 6 nitrogen and oxygen atoms in total. The number of aromatic nitrogens is 2. The van der Waals surface area contributed by atoms with Crippen molar-refractivity contribution in [3.63, 3.8) is 0 Å². The fraction of sp³-hybridized carbons (Fsp3) is 0.182. The zero-order valence-electron chi connectivity index (χ0n) is 9.30. The number of benzene rings is 1. The van der Waals surface area contributed by atoms with Gasteiger partial charge in [-0.3, -0.25) is 10.1 Å². The highest BCUT2D eigenvalue weighted by atomic mass is 16.6. The lowest BCUT2D eigenvalue weighted by atomic mass is 10.1. The lowest BCUT2D eigenvalue weighted by Crippen LogP contribution is -2.03. The quantitative estimate of drug-likeness (QED) is 0.625. The van der Waals surface area contributed by atoms with E-state index >= 15 is 0 Å². The molecule has 0 saturated heterocycles. The Hall–Kier alpha value is -2.37. The van der Waals surface area contributed by atoms with Crippen molar-refractivity contribution >= 4 is 11.4 Å². The molecule has 0 spiro atoms. The van der Waals surface area contributed by atoms with E-state index in [2.05, 4.69) is 15.3 Å². The molecule has 2 aromatic rings. The summed E-state index contributed by atoms with van der Waals surface area (Å²) in [4.78, 5) is 17.4. The van der Waals surface area contributed by atoms with Gasteiger partial charge >= 0.3 is 0 Å². The molecule has 0 bridgehead atoms. The van der Waals surface area contributed by atoms with Crippen molar-refractivity contribution in [2.45, 2.75) is 13.5 Å². The number of aryl methyl sites for hydroxylation is 1. The minimum Gasteiger partial charge on any atom is -0.374 e. The van der Waals surface area contributed by atoms with E-state index in [-0.39, 0.29) is 10.6 Å². The van der Waals surface area contributed by atoms with Crippen LogP contribution in [0.15, 0.2) is 30.7 Å². The molecule has 0 saturated carbocycles. The largest absolute Gasteiger partial charge is 0.374 e. The molecule has 17 heavy (non-hydrogen) atoms. The lowest BCUT2D eigenvalue weighted by Gasteiger charge is -2.07. The van der Waals surface area contributed by atoms with Crippen LogP contribution in [0.25, 0.3) is 0 Å². The van der Waals surface area contributed by atoms with E-state index in [1.165, 1.54) is 0 Å². The van der Waals surface area contributed by atoms with Crippen molar-refractivity contribution in [3.8, 4) is 0 Å². The van der Waals surface area contributed by atoms with Crippen LogP contribution < -0.4 is 5.32 Å². The van der Waals surface area contributed by atoms with Crippen LogP contribution in [0.4, 0.5) is 11.4 Å². The number of aromatic amines is 1. The molecule has 2 N–H and O–H groups in total. The third kappa shape index (κ3) is 2.41. The van der Waals surface area contributed by atoms with Crippen LogP contribution in [0.5, 0.6) is 0 Å². The Morgan fingerprint density at radius 1 is 1.53 bits per heavy atom. The van der Waals surface area contributed by atoms with Crippen molar-refractivity contribution < 1.29 is 4.92 Å². The Morgan fingerprint density at radius 3 is 3.00 bits per heavy atom. The molecule has 2 rings (SSSR count). The standard InChI is InChI=1S/C11H12N4O2/c1-8-3-2-4-10(11(8)15(16)17)13-6-9-5-12-7-14-9/h2-5,7,13H,6H2,1H3,(H,12,14). The Morgan fingerprint density at radius 2 is 2.35 bits per heavy atom. The number of nitrogens with one attached hydrogen (secondary N) is 2. The Labute approximate surface area is 97.9 Å². The van der Waals surface area contributed by atoms with Crippen LogP contribution in [0.2, 0.25) is 0 Å². The summed E-state index contributed by atoms with van der Waals surface area (Å²) in [6.07, 6.45) is 3.25. The molecule has 1 aromatic heterocycles. The number of nitrogens with zero attached hydrogens (tertiary/aromatic N) is 2. The van der Waals surface area contributed by atoms with Crippen molar-refractivity contribution in [1.29, 1.82) is 0 Å². The number of nitro groups is 1. The van der Waals surface area contributed by atoms with Crippen molar-refractivity contribution in [1.82, 2.24) is 9.97 Å². The van der Waals surface area contributed by atoms with E-state index in [1.54, 1.807) is 37.6 Å². The molecule has 0 unspecified atom stereocenters. The summed E-state index contributed by atoms with van der Waals surface area (Å²) in [5, 5.41) is 14.0. The third-order valence-corrected chi connectivity index (χ3v) is 2.44. The van der Waals surface area contributed by atoms with Gasteiger partial charge in [0.2, 0.25) is 0 Å². The molecular weight excluding hydrogens is 220 g/mol. The molecule has 0 aliphatic carbocycles. The van der Waals surface area contributed by atoms with Gasteiger partial charge in [0, 0.05) is 11.8 Å². The van der Waals surface area contributed by atoms with Gasteiger partial charge in [0.1, 0.15) is 5.69 Å². The number of H-pyrrole nitrogens is 1. The molecule has 0 aliphatic heterocycles. The predicted molar refractivity (Wildman–Crippen MR) is 63.7 cm³/mol. The summed E-state index contributed by atoms with van der Waals surface area (Å²) in [5.74, 6) is 0. The number of rotatable bonds is 4. The molecule has 1 aromatic carbocycles. The molecule has 0 atom stereocenters. The number of para-hydroxylation sites is 1. The summed E-state index contributed by atoms with van der Waals surface area (Å²) in [7, 11) is 0. The monoisotopic (exact) mass is 232 g/mol. The van der Waals surface area contributed by atoms with Crippen molar-refractivity contribution in [2.24, 2.45) is 0 Å². The Bertz CT molecular complexity index is 522. The number of anilines is 1. The number of hydrogen-bond acceptors (Lipinski definition) is 4. The van der Waals surface area contributed by atoms with E-state index in [4.69, 9.17) is 0 Å². The van der Waals surface area contributed by atoms with E-state index < -0.39 is 0 Å². The summed E-state index contributed by atoms with van der Waals surface area (Å²) >= 11 is 0. The van der Waals surface area contributed by atoms with Crippen LogP contribution in [-0.4, -0.2) is 14.9 Å². The van der Waals surface area contributed by atoms with Crippen LogP contribution in [0, 0.1) is 17.0 Å². The van der Waals surface area contributed by atoms with Gasteiger partial charge < -0.3 is 10.3 Å². The second-order valence-corrected chi connectivity index (χ2v) is 3.66. The number of hydrogen-bond donors (Lipinski definition) is 2. The first-order valence-electron chi connectivity index (χ1n) is 5.13. The highest BCUT2D eigenvalue weighted by Gasteiger charge is 2.16. The molecule has 0 fully saturated rings. The summed E-state index contributed by atoms with van der Waals surface area (Å²) < 4.78 is 0. The SMILES string of the molecule is Cc1cccc(NCc2cnc[nH]2)c1[N+](=O)[O-]. The minimum absolute atomic E-state index is 0.118. The molecule has 0 radical (unpaired) electrons. The van der Waals surface area contributed by atoms with Gasteiger partial charge in [0.25, 0.3) is 5.69 Å². The van der Waals surface area contributed by atoms with Crippen LogP contribution in [0.3, 0.4) is 0 Å². The zero-order valence-corrected chi connectivity index (χ0v) is 9.30. The topological polar surface area (TPSA) is 83.8 Å². The van der Waals surface area contributed by atoms with Gasteiger partial charge in [0.05, 0.1) is 23.5 Å². The van der Waals surface area contributed by atoms with E-state index in [1.807, 2.05) is 0 Å². The van der Waals surface area contributed by atoms with Crippen molar-refractivity contribution in [2.75, 3.05) is 5.32 Å². The second kappa shape index (κ2) is 4.65. The fourth-order valence-electron chi connectivity index (χ4n) is 1.62. The highest BCUT2D eigenvalue weighted by molar-refractivity contribution is 5.64. The minimum atomic E-state index is -0.370. The third-order valence-electron chi connectivity index (χ3n) is 2.44. The van der Waals surface area contributed by atoms with Gasteiger partial charge in [-0.25, -0.2) is 4.98 Å². The van der Waals surface area contributed by atoms with Crippen LogP contribution >= 0.6 is 0 Å². The van der Waals surface area contributed by atoms with E-state index in [0.717, 1.165) is 5.69 Å². The number of imidazole rings is 1. The smallest absolute Gasteiger partial charge is 0.295 e. The zero-order chi connectivity index (χ0) is 12.3. The van der Waals surface area contributed by atoms with Gasteiger partial charge in [-0.1, -0.05) is 12.1 Å². The molecule has 6 heteroatoms. The molecule has 1 heterocycles. The molecular formula is C11H12N4O2. The maximum atomic E-state index is 10.9. The Kier molecular flexibility index (Phi) is 3.04. The van der Waals surface area contributed by atoms with Gasteiger partial charge in [-0.05, 0) is 13.0 Å². The van der Waals surface area contributed by atoms with Gasteiger partial charge in [0.15, 0.2) is 0 Å². The van der Waals surface area contributed by atoms with Crippen LogP contribution in [-0.2, 0) is 6.54 Å². The second-order valence-electron chi connectivity index (χ2n) is 3.66. The normalized spacial score (nSPS) is 10.2. The van der Waals surface area contributed by atoms with E-state index in [9.17, 15) is 10.1 Å². The summed E-state index contributed by atoms with van der Waals surface area (Å²) in [5.41, 5.74) is 2.15. The maximum Gasteiger partial charge on any atom is 0.295 e. The van der Waals surface area contributed by atoms with E-state index in [0.29, 0.717) is 17.8 Å². The summed E-state index contributed by atoms with van der Waals surface area (Å²) in [6, 6.07) is 5.21. The first kappa shape index (κ1) is 11.1. The molecule has 0 aliphatic rings. The average Bonchev–Trinajstić information content (AvgIpc) is 2.78. The van der Waals surface area contributed by atoms with Gasteiger partial charge in [-0.15, -0.1) is 0 Å². The highest BCUT2D eigenvalue weighted by Crippen LogP contribution is 2.27. The van der Waals surface area contributed by atoms with Crippen molar-refractivity contribution in [3.05, 3.63) is 52.1 Å². The first-order valence-corrected chi connectivity index (χ1v) is 5.13. The first-order chi connectivity index (χ1) is 8.18. The van der Waals surface area contributed by atoms with Gasteiger partial charge in [-0.2, -0.15) is 0 Å². The average molecular weight is 232 g/mol. The molecule has 0 amide bonds. The molecule has 88 valence electrons. The predicted octanol–water partition coefficient (Wildman–Crippen LogP) is 2.24. The number of nitro benzene ring substituents is 1. The summed E-state index contributed by atoms with van der Waals surface area (Å²) in [6.45, 7) is 2.20. The van der Waals surface area contributed by atoms with Crippen LogP contribution in [0.1, 0.15) is 11.3 Å².